The summed E-state index contributed by atoms with van der Waals surface area (Å²) >= 11 is 0. The molecule has 0 radical (unpaired) electrons. The Balaban J connectivity index is 0.771. The van der Waals surface area contributed by atoms with E-state index in [1.165, 1.54) is 61.4 Å². The van der Waals surface area contributed by atoms with Crippen LogP contribution < -0.4 is 53.2 Å². The van der Waals surface area contributed by atoms with Gasteiger partial charge in [-0.3, -0.25) is 63.4 Å². The van der Waals surface area contributed by atoms with Gasteiger partial charge in [0.2, 0.25) is 59.1 Å². The van der Waals surface area contributed by atoms with Gasteiger partial charge in [-0.15, -0.1) is 0 Å². The molecule has 0 unspecified atom stereocenters. The van der Waals surface area contributed by atoms with E-state index in [1.807, 2.05) is 0 Å². The van der Waals surface area contributed by atoms with E-state index in [1.54, 1.807) is 94.6 Å². The molecule has 0 fully saturated rings. The minimum absolute atomic E-state index is 0.0355. The summed E-state index contributed by atoms with van der Waals surface area (Å²) in [5.74, 6) is -4.02. The van der Waals surface area contributed by atoms with E-state index in [-0.39, 0.29) is 117 Å². The lowest BCUT2D eigenvalue weighted by Crippen LogP contribution is -2.18. The van der Waals surface area contributed by atoms with Gasteiger partial charge in [-0.25, -0.2) is 9.97 Å². The zero-order chi connectivity index (χ0) is 62.4. The molecule has 33 nitrogen and oxygen atoms in total. The Kier molecular flexibility index (Phi) is 20.5. The summed E-state index contributed by atoms with van der Waals surface area (Å²) in [7, 11) is 11.4. The summed E-state index contributed by atoms with van der Waals surface area (Å²) in [6.07, 6.45) is 11.2. The van der Waals surface area contributed by atoms with Crippen molar-refractivity contribution in [2.24, 2.45) is 49.3 Å². The van der Waals surface area contributed by atoms with Gasteiger partial charge in [0.05, 0.1) is 30.1 Å². The van der Waals surface area contributed by atoms with Crippen molar-refractivity contribution in [1.29, 1.82) is 0 Å². The smallest absolute Gasteiger partial charge is 0.306 e. The highest BCUT2D eigenvalue weighted by molar-refractivity contribution is 6.06. The third kappa shape index (κ3) is 17.4. The molecule has 454 valence electrons. The van der Waals surface area contributed by atoms with E-state index in [0.29, 0.717) is 23.0 Å². The summed E-state index contributed by atoms with van der Waals surface area (Å²) in [5, 5.41) is 26.6. The Bertz CT molecular complexity index is 3740. The average molecular weight is 1190 g/mol. The maximum atomic E-state index is 13.3. The average Bonchev–Trinajstić information content (AvgIpc) is 4.03. The van der Waals surface area contributed by atoms with E-state index >= 15 is 0 Å². The van der Waals surface area contributed by atoms with Crippen LogP contribution in [0.4, 0.5) is 58.0 Å². The van der Waals surface area contributed by atoms with Crippen molar-refractivity contribution in [3.05, 3.63) is 85.1 Å². The molecular weight excluding hydrogens is 1120 g/mol. The third-order valence-electron chi connectivity index (χ3n) is 12.5. The largest absolute Gasteiger partial charge is 0.466 e. The summed E-state index contributed by atoms with van der Waals surface area (Å²) < 4.78 is 15.4. The molecule has 7 heterocycles. The molecule has 0 saturated heterocycles. The first-order valence-corrected chi connectivity index (χ1v) is 26.6. The van der Waals surface area contributed by atoms with Crippen LogP contribution in [0.2, 0.25) is 0 Å². The number of esters is 1. The van der Waals surface area contributed by atoms with Gasteiger partial charge in [0.25, 0.3) is 17.7 Å². The molecule has 0 aliphatic heterocycles. The van der Waals surface area contributed by atoms with Crippen LogP contribution in [0.1, 0.15) is 96.4 Å². The standard InChI is InChI=1S/C53H65N21O12/c1-9-86-46(82)18-17-45(81)67-53-63-36(29-74(53)8)61-49(83)33-21-30(24-69(33)3)55-41(77)13-16-44(80)66-52-62-35(28-73(52)7)59-39(75)11-10-12-40(76)64-37-23-32(26-70(37)4)57-51(85)48-60-34(27-72(48)6)58-42(78)14-15-43(79)65-38-22-31(25-71(38)5)56-50(84)47-54-19-20-68(47)2/h19-29H,9-18H2,1-8H3,(H,55,77)(H,56,84)(H,57,85)(H,58,78)(H,59,75)(H,61,83)(H,64,76)(H,65,79)(H,62,66,80)(H,63,67,81). The van der Waals surface area contributed by atoms with Gasteiger partial charge in [0, 0.05) is 156 Å². The summed E-state index contributed by atoms with van der Waals surface area (Å²) in [5.41, 5.74) is 1.20. The van der Waals surface area contributed by atoms with Gasteiger partial charge >= 0.3 is 5.97 Å². The van der Waals surface area contributed by atoms with Crippen LogP contribution in [0, 0.1) is 0 Å². The number of nitrogens with one attached hydrogen (secondary N) is 10. The fourth-order valence-electron chi connectivity index (χ4n) is 8.27. The Labute approximate surface area is 490 Å². The van der Waals surface area contributed by atoms with Crippen molar-refractivity contribution in [2.75, 3.05) is 59.8 Å². The predicted molar refractivity (Wildman–Crippen MR) is 312 cm³/mol. The normalized spacial score (nSPS) is 10.8. The first kappa shape index (κ1) is 62.5. The Morgan fingerprint density at radius 1 is 0.395 bits per heavy atom. The van der Waals surface area contributed by atoms with Crippen molar-refractivity contribution in [3.8, 4) is 0 Å². The molecule has 10 amide bonds. The highest BCUT2D eigenvalue weighted by atomic mass is 16.5. The quantitative estimate of drug-likeness (QED) is 0.0331. The Morgan fingerprint density at radius 3 is 1.36 bits per heavy atom. The zero-order valence-electron chi connectivity index (χ0n) is 48.2. The van der Waals surface area contributed by atoms with Gasteiger partial charge in [-0.05, 0) is 19.4 Å². The van der Waals surface area contributed by atoms with Crippen molar-refractivity contribution in [2.45, 2.75) is 64.7 Å². The monoisotopic (exact) mass is 1190 g/mol. The first-order chi connectivity index (χ1) is 40.9. The highest BCUT2D eigenvalue weighted by Crippen LogP contribution is 2.23. The summed E-state index contributed by atoms with van der Waals surface area (Å²) in [4.78, 5) is 156. The number of nitrogens with zero attached hydrogens (tertiary/aromatic N) is 11. The van der Waals surface area contributed by atoms with Crippen LogP contribution in [0.5, 0.6) is 0 Å². The number of carbonyl (C=O) groups excluding carboxylic acids is 11. The topological polar surface area (TPSA) is 403 Å². The van der Waals surface area contributed by atoms with Crippen LogP contribution in [-0.4, -0.2) is 124 Å². The predicted octanol–water partition coefficient (Wildman–Crippen LogP) is 3.14. The van der Waals surface area contributed by atoms with Crippen LogP contribution in [0.3, 0.4) is 0 Å². The van der Waals surface area contributed by atoms with Crippen LogP contribution in [0.15, 0.2) is 67.8 Å². The van der Waals surface area contributed by atoms with Gasteiger partial charge in [-0.2, -0.15) is 9.97 Å². The van der Waals surface area contributed by atoms with Crippen molar-refractivity contribution < 1.29 is 57.5 Å². The number of hydrogen-bond acceptors (Lipinski definition) is 16. The molecule has 0 spiro atoms. The van der Waals surface area contributed by atoms with Gasteiger partial charge in [0.15, 0.2) is 23.3 Å². The van der Waals surface area contributed by atoms with Crippen LogP contribution in [-0.2, 0) is 92.4 Å². The van der Waals surface area contributed by atoms with Crippen molar-refractivity contribution in [1.82, 2.24) is 51.9 Å². The minimum atomic E-state index is -0.620. The molecule has 0 aliphatic carbocycles. The molecule has 7 rings (SSSR count). The second kappa shape index (κ2) is 28.2. The molecule has 33 heteroatoms. The minimum Gasteiger partial charge on any atom is -0.466 e. The Hall–Kier alpha value is -11.2. The number of imidazole rings is 4. The number of carbonyl (C=O) groups is 11. The van der Waals surface area contributed by atoms with Gasteiger partial charge in [0.1, 0.15) is 17.3 Å². The lowest BCUT2D eigenvalue weighted by molar-refractivity contribution is -0.144. The van der Waals surface area contributed by atoms with E-state index < -0.39 is 65.0 Å². The molecule has 0 saturated carbocycles. The molecule has 0 aliphatic rings. The number of rotatable bonds is 27. The number of amides is 10. The molecule has 86 heavy (non-hydrogen) atoms. The molecule has 0 atom stereocenters. The summed E-state index contributed by atoms with van der Waals surface area (Å²) in [6.45, 7) is 1.87. The van der Waals surface area contributed by atoms with E-state index in [4.69, 9.17) is 4.74 Å². The molecule has 0 bridgehead atoms. The van der Waals surface area contributed by atoms with Crippen molar-refractivity contribution in [3.63, 3.8) is 0 Å². The van der Waals surface area contributed by atoms with Gasteiger partial charge < -0.3 is 79.2 Å². The highest BCUT2D eigenvalue weighted by Gasteiger charge is 2.22. The number of aryl methyl sites for hydroxylation is 7. The van der Waals surface area contributed by atoms with E-state index in [0.717, 1.165) is 0 Å². The van der Waals surface area contributed by atoms with Gasteiger partial charge in [-0.1, -0.05) is 0 Å². The number of anilines is 10. The summed E-state index contributed by atoms with van der Waals surface area (Å²) in [6, 6.07) is 4.53. The maximum absolute atomic E-state index is 13.3. The van der Waals surface area contributed by atoms with E-state index in [9.17, 15) is 52.7 Å². The zero-order valence-corrected chi connectivity index (χ0v) is 48.2. The van der Waals surface area contributed by atoms with Crippen LogP contribution in [0.25, 0.3) is 0 Å². The third-order valence-corrected chi connectivity index (χ3v) is 12.5. The van der Waals surface area contributed by atoms with E-state index in [2.05, 4.69) is 73.1 Å². The number of hydrogen-bond donors (Lipinski definition) is 10. The second-order valence-electron chi connectivity index (χ2n) is 19.6. The fraction of sp³-hybridized carbons (Fsp3) is 0.340. The second-order valence-corrected chi connectivity index (χ2v) is 19.6. The molecule has 0 aromatic carbocycles. The first-order valence-electron chi connectivity index (χ1n) is 26.6. The van der Waals surface area contributed by atoms with Crippen LogP contribution >= 0.6 is 0 Å². The number of ether oxygens (including phenoxy) is 1. The molecule has 7 aromatic rings. The molecular formula is C53H65N21O12. The fourth-order valence-corrected chi connectivity index (χ4v) is 8.27. The lowest BCUT2D eigenvalue weighted by Gasteiger charge is -2.06. The maximum Gasteiger partial charge on any atom is 0.306 e. The molecule has 10 N–H and O–H groups in total. The van der Waals surface area contributed by atoms with Crippen molar-refractivity contribution >= 4 is 123 Å². The molecule has 7 aromatic heterocycles. The number of aromatic nitrogens is 11. The SMILES string of the molecule is CCOC(=O)CCC(=O)Nc1nc(NC(=O)c2cc(NC(=O)CCC(=O)Nc3nc(NC(=O)CCCC(=O)Nc4cc(NC(=O)c5nc(NC(=O)CCC(=O)Nc6cc(NC(=O)c7nccn7C)cn6C)cn5C)cn4C)cn3C)cn2C)cn1C. The lowest BCUT2D eigenvalue weighted by atomic mass is 10.2. The Morgan fingerprint density at radius 2 is 0.826 bits per heavy atom.